The maximum Gasteiger partial charge on any atom is 0.125 e. The highest BCUT2D eigenvalue weighted by Gasteiger charge is 2.07. The van der Waals surface area contributed by atoms with Crippen molar-refractivity contribution in [1.82, 2.24) is 0 Å². The zero-order chi connectivity index (χ0) is 23.2. The summed E-state index contributed by atoms with van der Waals surface area (Å²) >= 11 is 0. The quantitative estimate of drug-likeness (QED) is 0.152. The molecule has 0 N–H and O–H groups in total. The maximum atomic E-state index is 6.03. The molecule has 2 rings (SSSR count). The number of unbranched alkanes of at least 4 members (excludes halogenated alkanes) is 1. The van der Waals surface area contributed by atoms with E-state index in [2.05, 4.69) is 43.3 Å². The molecule has 0 heterocycles. The average molecular weight is 440 g/mol. The van der Waals surface area contributed by atoms with E-state index in [0.717, 1.165) is 54.2 Å². The Kier molecular flexibility index (Phi) is 11.4. The second kappa shape index (κ2) is 14.3. The second-order valence-corrected chi connectivity index (χ2v) is 7.88. The first-order chi connectivity index (χ1) is 15.5. The van der Waals surface area contributed by atoms with Crippen molar-refractivity contribution in [3.05, 3.63) is 70.8 Å². The van der Waals surface area contributed by atoms with Crippen molar-refractivity contribution in [1.29, 1.82) is 0 Å². The number of nitrogens with zero attached hydrogens (tertiary/aromatic N) is 1. The number of allylic oxidation sites excluding steroid dienone is 1. The minimum atomic E-state index is 0.586. The van der Waals surface area contributed by atoms with E-state index in [1.54, 1.807) is 7.11 Å². The Morgan fingerprint density at radius 3 is 2.25 bits per heavy atom. The lowest BCUT2D eigenvalue weighted by molar-refractivity contribution is 0.113. The summed E-state index contributed by atoms with van der Waals surface area (Å²) in [4.78, 5) is 4.80. The third kappa shape index (κ3) is 9.15. The number of hydrogen-bond acceptors (Lipinski definition) is 5. The van der Waals surface area contributed by atoms with Gasteiger partial charge in [-0.15, -0.1) is 0 Å². The van der Waals surface area contributed by atoms with Crippen LogP contribution in [0.1, 0.15) is 48.9 Å². The van der Waals surface area contributed by atoms with E-state index in [1.165, 1.54) is 11.1 Å². The van der Waals surface area contributed by atoms with E-state index >= 15 is 0 Å². The molecule has 0 saturated heterocycles. The molecule has 0 saturated carbocycles. The largest absolute Gasteiger partial charge is 0.493 e. The molecular formula is C27H37NO4. The van der Waals surface area contributed by atoms with Gasteiger partial charge in [-0.1, -0.05) is 41.6 Å². The van der Waals surface area contributed by atoms with Gasteiger partial charge in [0.25, 0.3) is 0 Å². The van der Waals surface area contributed by atoms with Crippen molar-refractivity contribution in [2.45, 2.75) is 53.6 Å². The molecule has 32 heavy (non-hydrogen) atoms. The van der Waals surface area contributed by atoms with Gasteiger partial charge in [-0.2, -0.15) is 0 Å². The van der Waals surface area contributed by atoms with Crippen LogP contribution in [-0.2, 0) is 22.6 Å². The SMILES string of the molecule is C/C=C/COc1cc(C)c(OCCCCOCc2ccc(C/C(C)=N/OC)cc2)c(C)c1. The summed E-state index contributed by atoms with van der Waals surface area (Å²) < 4.78 is 17.6. The normalized spacial score (nSPS) is 11.7. The predicted molar refractivity (Wildman–Crippen MR) is 131 cm³/mol. The van der Waals surface area contributed by atoms with E-state index < -0.39 is 0 Å². The first-order valence-electron chi connectivity index (χ1n) is 11.2. The molecule has 0 amide bonds. The summed E-state index contributed by atoms with van der Waals surface area (Å²) in [5, 5.41) is 3.95. The lowest BCUT2D eigenvalue weighted by Gasteiger charge is -2.14. The average Bonchev–Trinajstić information content (AvgIpc) is 2.76. The van der Waals surface area contributed by atoms with Crippen molar-refractivity contribution in [3.8, 4) is 11.5 Å². The molecule has 0 bridgehead atoms. The summed E-state index contributed by atoms with van der Waals surface area (Å²) in [6.07, 6.45) is 6.69. The first kappa shape index (κ1) is 25.5. The van der Waals surface area contributed by atoms with E-state index in [0.29, 0.717) is 19.8 Å². The van der Waals surface area contributed by atoms with Crippen LogP contribution in [0.4, 0.5) is 0 Å². The molecule has 0 aliphatic rings. The van der Waals surface area contributed by atoms with Crippen LogP contribution in [0.3, 0.4) is 0 Å². The van der Waals surface area contributed by atoms with Crippen molar-refractivity contribution < 1.29 is 19.0 Å². The number of oxime groups is 1. The summed E-state index contributed by atoms with van der Waals surface area (Å²) in [6, 6.07) is 12.5. The molecule has 174 valence electrons. The molecular weight excluding hydrogens is 402 g/mol. The van der Waals surface area contributed by atoms with E-state index in [-0.39, 0.29) is 0 Å². The number of hydrogen-bond donors (Lipinski definition) is 0. The lowest BCUT2D eigenvalue weighted by Crippen LogP contribution is -2.04. The molecule has 0 unspecified atom stereocenters. The molecule has 0 atom stereocenters. The zero-order valence-electron chi connectivity index (χ0n) is 20.1. The fourth-order valence-corrected chi connectivity index (χ4v) is 3.37. The van der Waals surface area contributed by atoms with Gasteiger partial charge in [-0.05, 0) is 74.9 Å². The van der Waals surface area contributed by atoms with Gasteiger partial charge in [-0.3, -0.25) is 0 Å². The summed E-state index contributed by atoms with van der Waals surface area (Å²) in [6.45, 7) is 10.7. The van der Waals surface area contributed by atoms with Crippen LogP contribution >= 0.6 is 0 Å². The smallest absolute Gasteiger partial charge is 0.125 e. The fourth-order valence-electron chi connectivity index (χ4n) is 3.37. The number of ether oxygens (including phenoxy) is 3. The van der Waals surface area contributed by atoms with E-state index in [1.807, 2.05) is 38.1 Å². The van der Waals surface area contributed by atoms with Crippen LogP contribution in [0.2, 0.25) is 0 Å². The Morgan fingerprint density at radius 1 is 0.938 bits per heavy atom. The molecule has 0 fully saturated rings. The van der Waals surface area contributed by atoms with Gasteiger partial charge in [0.05, 0.1) is 18.9 Å². The van der Waals surface area contributed by atoms with Gasteiger partial charge in [0.2, 0.25) is 0 Å². The Labute approximate surface area is 193 Å². The Balaban J connectivity index is 1.65. The summed E-state index contributed by atoms with van der Waals surface area (Å²) in [5.41, 5.74) is 5.55. The highest BCUT2D eigenvalue weighted by atomic mass is 16.6. The highest BCUT2D eigenvalue weighted by molar-refractivity contribution is 5.83. The molecule has 0 aromatic heterocycles. The van der Waals surface area contributed by atoms with Gasteiger partial charge in [0.1, 0.15) is 25.2 Å². The van der Waals surface area contributed by atoms with Crippen LogP contribution in [-0.4, -0.2) is 32.6 Å². The van der Waals surface area contributed by atoms with Crippen molar-refractivity contribution in [2.75, 3.05) is 26.9 Å². The van der Waals surface area contributed by atoms with E-state index in [9.17, 15) is 0 Å². The molecule has 0 radical (unpaired) electrons. The molecule has 0 spiro atoms. The van der Waals surface area contributed by atoms with Gasteiger partial charge >= 0.3 is 0 Å². The molecule has 2 aromatic carbocycles. The number of benzene rings is 2. The monoisotopic (exact) mass is 439 g/mol. The standard InChI is InChI=1S/C27H37NO4/c1-6-7-15-31-26-17-21(2)27(22(3)18-26)32-16-9-8-14-30-20-25-12-10-24(11-13-25)19-23(4)28-29-5/h6-7,10-13,17-18H,8-9,14-16,19-20H2,1-5H3/b7-6+,28-23+. The minimum Gasteiger partial charge on any atom is -0.493 e. The number of rotatable bonds is 14. The zero-order valence-corrected chi connectivity index (χ0v) is 20.1. The fraction of sp³-hybridized carbons (Fsp3) is 0.444. The topological polar surface area (TPSA) is 49.3 Å². The lowest BCUT2D eigenvalue weighted by atomic mass is 10.1. The second-order valence-electron chi connectivity index (χ2n) is 7.88. The van der Waals surface area contributed by atoms with Gasteiger partial charge in [0, 0.05) is 13.0 Å². The highest BCUT2D eigenvalue weighted by Crippen LogP contribution is 2.28. The Hall–Kier alpha value is -2.79. The summed E-state index contributed by atoms with van der Waals surface area (Å²) in [7, 11) is 1.57. The van der Waals surface area contributed by atoms with Crippen LogP contribution in [0.25, 0.3) is 0 Å². The van der Waals surface area contributed by atoms with Crippen LogP contribution < -0.4 is 9.47 Å². The maximum absolute atomic E-state index is 6.03. The van der Waals surface area contributed by atoms with Crippen LogP contribution in [0.15, 0.2) is 53.7 Å². The Bertz CT molecular complexity index is 849. The van der Waals surface area contributed by atoms with Crippen LogP contribution in [0.5, 0.6) is 11.5 Å². The van der Waals surface area contributed by atoms with Gasteiger partial charge < -0.3 is 19.0 Å². The predicted octanol–water partition coefficient (Wildman–Crippen LogP) is 6.20. The molecule has 5 heteroatoms. The molecule has 5 nitrogen and oxygen atoms in total. The minimum absolute atomic E-state index is 0.586. The van der Waals surface area contributed by atoms with Crippen molar-refractivity contribution in [2.24, 2.45) is 5.16 Å². The first-order valence-corrected chi connectivity index (χ1v) is 11.2. The molecule has 2 aromatic rings. The third-order valence-corrected chi connectivity index (χ3v) is 4.94. The van der Waals surface area contributed by atoms with Gasteiger partial charge in [-0.25, -0.2) is 0 Å². The van der Waals surface area contributed by atoms with Crippen LogP contribution in [0, 0.1) is 13.8 Å². The third-order valence-electron chi connectivity index (χ3n) is 4.94. The van der Waals surface area contributed by atoms with Crippen molar-refractivity contribution >= 4 is 5.71 Å². The van der Waals surface area contributed by atoms with E-state index in [4.69, 9.17) is 19.0 Å². The molecule has 0 aliphatic heterocycles. The van der Waals surface area contributed by atoms with Gasteiger partial charge in [0.15, 0.2) is 0 Å². The number of aryl methyl sites for hydroxylation is 2. The Morgan fingerprint density at radius 2 is 1.59 bits per heavy atom. The molecule has 0 aliphatic carbocycles. The van der Waals surface area contributed by atoms with Crippen molar-refractivity contribution in [3.63, 3.8) is 0 Å². The summed E-state index contributed by atoms with van der Waals surface area (Å²) in [5.74, 6) is 1.83.